The van der Waals surface area contributed by atoms with E-state index in [1.807, 2.05) is 6.92 Å². The number of ketones is 1. The fraction of sp³-hybridized carbons (Fsp3) is 0.556. The van der Waals surface area contributed by atoms with Crippen LogP contribution in [-0.2, 0) is 9.59 Å². The van der Waals surface area contributed by atoms with Crippen molar-refractivity contribution in [3.8, 4) is 0 Å². The molecule has 0 bridgehead atoms. The zero-order valence-electron chi connectivity index (χ0n) is 7.46. The average Bonchev–Trinajstić information content (AvgIpc) is 1.98. The highest BCUT2D eigenvalue weighted by molar-refractivity contribution is 5.99. The molecular formula is C9H14O3. The summed E-state index contributed by atoms with van der Waals surface area (Å²) in [7, 11) is 0. The van der Waals surface area contributed by atoms with Gasteiger partial charge < -0.3 is 5.11 Å². The van der Waals surface area contributed by atoms with Gasteiger partial charge in [-0.25, -0.2) is 4.79 Å². The minimum Gasteiger partial charge on any atom is -0.478 e. The standard InChI is InChI=1S/C9H14O3/c1-3-4-5-8(10)7(2)6-9(11)12/h6H,3-5H2,1-2H3,(H,11,12). The van der Waals surface area contributed by atoms with Crippen LogP contribution in [0.2, 0.25) is 0 Å². The molecule has 0 spiro atoms. The summed E-state index contributed by atoms with van der Waals surface area (Å²) in [6.07, 6.45) is 3.18. The monoisotopic (exact) mass is 170 g/mol. The van der Waals surface area contributed by atoms with Gasteiger partial charge in [-0.05, 0) is 18.9 Å². The summed E-state index contributed by atoms with van der Waals surface area (Å²) < 4.78 is 0. The molecule has 0 unspecified atom stereocenters. The van der Waals surface area contributed by atoms with Crippen molar-refractivity contribution in [2.24, 2.45) is 0 Å². The molecule has 0 aliphatic heterocycles. The summed E-state index contributed by atoms with van der Waals surface area (Å²) in [5, 5.41) is 8.33. The number of hydrogen-bond donors (Lipinski definition) is 1. The minimum absolute atomic E-state index is 0.0701. The van der Waals surface area contributed by atoms with E-state index in [1.54, 1.807) is 0 Å². The van der Waals surface area contributed by atoms with Crippen LogP contribution in [0.25, 0.3) is 0 Å². The van der Waals surface area contributed by atoms with Gasteiger partial charge in [-0.3, -0.25) is 4.79 Å². The lowest BCUT2D eigenvalue weighted by Crippen LogP contribution is -2.01. The van der Waals surface area contributed by atoms with Gasteiger partial charge >= 0.3 is 5.97 Å². The second kappa shape index (κ2) is 5.52. The Morgan fingerprint density at radius 2 is 2.00 bits per heavy atom. The molecule has 0 aromatic heterocycles. The molecule has 0 radical (unpaired) electrons. The maximum Gasteiger partial charge on any atom is 0.328 e. The Balaban J connectivity index is 4.01. The molecule has 0 aromatic rings. The number of hydrogen-bond acceptors (Lipinski definition) is 2. The molecule has 0 heterocycles. The summed E-state index contributed by atoms with van der Waals surface area (Å²) >= 11 is 0. The topological polar surface area (TPSA) is 54.4 Å². The molecule has 0 aliphatic rings. The van der Waals surface area contributed by atoms with Crippen molar-refractivity contribution in [1.29, 1.82) is 0 Å². The highest BCUT2D eigenvalue weighted by Gasteiger charge is 2.04. The molecule has 3 nitrogen and oxygen atoms in total. The predicted molar refractivity (Wildman–Crippen MR) is 45.9 cm³/mol. The fourth-order valence-electron chi connectivity index (χ4n) is 0.800. The Bertz CT molecular complexity index is 204. The SMILES string of the molecule is CCCCC(=O)C(C)=CC(=O)O. The van der Waals surface area contributed by atoms with Gasteiger partial charge in [-0.2, -0.15) is 0 Å². The van der Waals surface area contributed by atoms with Gasteiger partial charge in [-0.15, -0.1) is 0 Å². The van der Waals surface area contributed by atoms with E-state index in [0.29, 0.717) is 12.0 Å². The lowest BCUT2D eigenvalue weighted by atomic mass is 10.1. The first kappa shape index (κ1) is 10.9. The van der Waals surface area contributed by atoms with Crippen molar-refractivity contribution in [2.45, 2.75) is 33.1 Å². The first-order valence-electron chi connectivity index (χ1n) is 4.02. The Morgan fingerprint density at radius 1 is 1.42 bits per heavy atom. The summed E-state index contributed by atoms with van der Waals surface area (Å²) in [5.74, 6) is -1.13. The maximum atomic E-state index is 11.1. The molecular weight excluding hydrogens is 156 g/mol. The third kappa shape index (κ3) is 4.66. The van der Waals surface area contributed by atoms with E-state index < -0.39 is 5.97 Å². The number of carbonyl (C=O) groups is 2. The van der Waals surface area contributed by atoms with Gasteiger partial charge in [0.25, 0.3) is 0 Å². The molecule has 0 rings (SSSR count). The predicted octanol–water partition coefficient (Wildman–Crippen LogP) is 1.78. The molecule has 0 fully saturated rings. The quantitative estimate of drug-likeness (QED) is 0.640. The van der Waals surface area contributed by atoms with Gasteiger partial charge in [0.05, 0.1) is 0 Å². The van der Waals surface area contributed by atoms with Crippen molar-refractivity contribution in [1.82, 2.24) is 0 Å². The fourth-order valence-corrected chi connectivity index (χ4v) is 0.800. The molecule has 12 heavy (non-hydrogen) atoms. The number of unbranched alkanes of at least 4 members (excludes halogenated alkanes) is 1. The molecule has 3 heteroatoms. The Kier molecular flexibility index (Phi) is 5.00. The summed E-state index contributed by atoms with van der Waals surface area (Å²) in [5.41, 5.74) is 0.330. The highest BCUT2D eigenvalue weighted by atomic mass is 16.4. The van der Waals surface area contributed by atoms with Gasteiger partial charge in [0, 0.05) is 12.5 Å². The van der Waals surface area contributed by atoms with E-state index in [1.165, 1.54) is 6.92 Å². The van der Waals surface area contributed by atoms with Crippen LogP contribution >= 0.6 is 0 Å². The van der Waals surface area contributed by atoms with E-state index in [0.717, 1.165) is 18.9 Å². The van der Waals surface area contributed by atoms with Crippen LogP contribution in [0.5, 0.6) is 0 Å². The Morgan fingerprint density at radius 3 is 2.42 bits per heavy atom. The molecule has 0 atom stereocenters. The summed E-state index contributed by atoms with van der Waals surface area (Å²) in [6, 6.07) is 0. The molecule has 0 saturated heterocycles. The van der Waals surface area contributed by atoms with Crippen LogP contribution in [0.1, 0.15) is 33.1 Å². The number of carboxylic acid groups (broad SMARTS) is 1. The van der Waals surface area contributed by atoms with E-state index in [-0.39, 0.29) is 5.78 Å². The third-order valence-corrected chi connectivity index (χ3v) is 1.54. The minimum atomic E-state index is -1.06. The van der Waals surface area contributed by atoms with E-state index in [2.05, 4.69) is 0 Å². The molecule has 68 valence electrons. The Hall–Kier alpha value is -1.12. The number of carbonyl (C=O) groups excluding carboxylic acids is 1. The lowest BCUT2D eigenvalue weighted by Gasteiger charge is -1.97. The first-order chi connectivity index (χ1) is 5.57. The highest BCUT2D eigenvalue weighted by Crippen LogP contribution is 2.03. The molecule has 1 N–H and O–H groups in total. The number of rotatable bonds is 5. The van der Waals surface area contributed by atoms with Crippen molar-refractivity contribution in [2.75, 3.05) is 0 Å². The summed E-state index contributed by atoms with van der Waals surface area (Å²) in [6.45, 7) is 3.52. The van der Waals surface area contributed by atoms with Crippen molar-refractivity contribution in [3.63, 3.8) is 0 Å². The first-order valence-corrected chi connectivity index (χ1v) is 4.02. The van der Waals surface area contributed by atoms with Crippen molar-refractivity contribution < 1.29 is 14.7 Å². The summed E-state index contributed by atoms with van der Waals surface area (Å²) in [4.78, 5) is 21.3. The molecule has 0 saturated carbocycles. The third-order valence-electron chi connectivity index (χ3n) is 1.54. The van der Waals surface area contributed by atoms with E-state index >= 15 is 0 Å². The number of Topliss-reactive ketones (excluding diaryl/α,β-unsaturated/α-hetero) is 1. The van der Waals surface area contributed by atoms with Crippen LogP contribution in [0.3, 0.4) is 0 Å². The van der Waals surface area contributed by atoms with Gasteiger partial charge in [-0.1, -0.05) is 13.3 Å². The zero-order chi connectivity index (χ0) is 9.56. The molecule has 0 aliphatic carbocycles. The van der Waals surface area contributed by atoms with Gasteiger partial charge in [0.1, 0.15) is 0 Å². The molecule has 0 aromatic carbocycles. The number of allylic oxidation sites excluding steroid dienone is 1. The average molecular weight is 170 g/mol. The largest absolute Gasteiger partial charge is 0.478 e. The number of aliphatic carboxylic acids is 1. The van der Waals surface area contributed by atoms with Crippen LogP contribution < -0.4 is 0 Å². The van der Waals surface area contributed by atoms with Crippen LogP contribution in [0, 0.1) is 0 Å². The zero-order valence-corrected chi connectivity index (χ0v) is 7.46. The van der Waals surface area contributed by atoms with Crippen molar-refractivity contribution >= 4 is 11.8 Å². The second-order valence-corrected chi connectivity index (χ2v) is 2.69. The van der Waals surface area contributed by atoms with Crippen LogP contribution in [0.15, 0.2) is 11.6 Å². The van der Waals surface area contributed by atoms with E-state index in [4.69, 9.17) is 5.11 Å². The van der Waals surface area contributed by atoms with Gasteiger partial charge in [0.15, 0.2) is 5.78 Å². The van der Waals surface area contributed by atoms with Crippen LogP contribution in [0.4, 0.5) is 0 Å². The lowest BCUT2D eigenvalue weighted by molar-refractivity contribution is -0.131. The van der Waals surface area contributed by atoms with E-state index in [9.17, 15) is 9.59 Å². The second-order valence-electron chi connectivity index (χ2n) is 2.69. The van der Waals surface area contributed by atoms with Gasteiger partial charge in [0.2, 0.25) is 0 Å². The van der Waals surface area contributed by atoms with Crippen molar-refractivity contribution in [3.05, 3.63) is 11.6 Å². The number of carboxylic acids is 1. The molecule has 0 amide bonds. The van der Waals surface area contributed by atoms with Crippen LogP contribution in [-0.4, -0.2) is 16.9 Å². The maximum absolute atomic E-state index is 11.1. The smallest absolute Gasteiger partial charge is 0.328 e. The Labute approximate surface area is 72.1 Å². The normalized spacial score (nSPS) is 11.3.